The van der Waals surface area contributed by atoms with Crippen LogP contribution < -0.4 is 49.2 Å². The number of sulfonamides is 2. The Hall–Kier alpha value is -5.63. The van der Waals surface area contributed by atoms with Crippen molar-refractivity contribution in [2.75, 3.05) is 14.1 Å². The van der Waals surface area contributed by atoms with Crippen LogP contribution >= 0.6 is 0 Å². The second kappa shape index (κ2) is 19.2. The summed E-state index contributed by atoms with van der Waals surface area (Å²) in [6, 6.07) is 20.9. The van der Waals surface area contributed by atoms with Crippen molar-refractivity contribution in [2.45, 2.75) is 9.79 Å². The zero-order valence-electron chi connectivity index (χ0n) is 30.2. The summed E-state index contributed by atoms with van der Waals surface area (Å²) < 4.78 is 52.2. The minimum Gasteiger partial charge on any atom is -0.871 e. The van der Waals surface area contributed by atoms with Gasteiger partial charge in [-0.1, -0.05) is 47.9 Å². The molecule has 0 spiro atoms. The largest absolute Gasteiger partial charge is 3.00 e. The third kappa shape index (κ3) is 10.5. The molecular weight excluding hydrogens is 854 g/mol. The van der Waals surface area contributed by atoms with Gasteiger partial charge in [0.2, 0.25) is 20.0 Å². The van der Waals surface area contributed by atoms with Gasteiger partial charge in [-0.25, -0.2) is 26.3 Å². The number of azo groups is 2. The summed E-state index contributed by atoms with van der Waals surface area (Å²) in [6.45, 7) is 0. The summed E-state index contributed by atoms with van der Waals surface area (Å²) in [5, 5.41) is 62.8. The zero-order valence-corrected chi connectivity index (χ0v) is 34.8. The van der Waals surface area contributed by atoms with Crippen LogP contribution in [-0.4, -0.2) is 40.8 Å². The van der Waals surface area contributed by atoms with Crippen LogP contribution in [0, 0.1) is 20.2 Å². The molecule has 0 aliphatic heterocycles. The third-order valence-electron chi connectivity index (χ3n) is 7.91. The number of nitrogens with zero attached hydrogens (tertiary/aromatic N) is 6. The first-order valence-corrected chi connectivity index (χ1v) is 18.6. The van der Waals surface area contributed by atoms with E-state index in [9.17, 15) is 47.3 Å². The summed E-state index contributed by atoms with van der Waals surface area (Å²) in [5.74, 6) is -1.35. The van der Waals surface area contributed by atoms with Crippen LogP contribution in [0.4, 0.5) is 45.5 Å². The van der Waals surface area contributed by atoms with Crippen LogP contribution in [0.15, 0.2) is 127 Å². The third-order valence-corrected chi connectivity index (χ3v) is 10.7. The van der Waals surface area contributed by atoms with E-state index in [4.69, 9.17) is 11.5 Å². The molecule has 0 aliphatic rings. The number of hydrogen-bond donors (Lipinski definition) is 2. The molecule has 6 aromatic rings. The van der Waals surface area contributed by atoms with Gasteiger partial charge in [-0.3, -0.25) is 20.2 Å². The van der Waals surface area contributed by atoms with Crippen LogP contribution in [0.5, 0.6) is 11.5 Å². The number of nitro benzene ring substituents is 2. The van der Waals surface area contributed by atoms with E-state index in [0.29, 0.717) is 21.5 Å². The fourth-order valence-electron chi connectivity index (χ4n) is 4.97. The van der Waals surface area contributed by atoms with Gasteiger partial charge in [0.15, 0.2) is 0 Å². The topological polar surface area (TPSA) is 322 Å². The van der Waals surface area contributed by atoms with Crippen LogP contribution in [0.1, 0.15) is 0 Å². The fraction of sp³-hybridized carbons (Fsp3) is 0.0588. The van der Waals surface area contributed by atoms with E-state index in [1.807, 2.05) is 0 Å². The second-order valence-corrected chi connectivity index (χ2v) is 15.1. The molecule has 0 radical (unpaired) electrons. The SMILES string of the molecule is CNS(=O)(=O)c1ccc2c(N=Nc3ccc([N+](=O)[O-])cc3[O-])c([NH-])ccc2c1.CNS(=O)(=O)c1ccc2c(N=Nc3ccc([N+](=O)[O-])cc3[O-])c([NH-])ccc2c1.[Co+3].[Na+]. The number of benzene rings is 6. The first-order chi connectivity index (χ1) is 26.4. The van der Waals surface area contributed by atoms with Crippen LogP contribution in [0.3, 0.4) is 0 Å². The molecule has 6 rings (SSSR count). The van der Waals surface area contributed by atoms with Gasteiger partial charge in [-0.05, 0) is 61.3 Å². The van der Waals surface area contributed by atoms with E-state index in [1.165, 1.54) is 74.8 Å². The molecule has 0 bridgehead atoms. The summed E-state index contributed by atoms with van der Waals surface area (Å²) in [5.41, 5.74) is 15.4. The Bertz CT molecular complexity index is 2660. The average Bonchev–Trinajstić information content (AvgIpc) is 3.17. The Labute approximate surface area is 362 Å². The predicted molar refractivity (Wildman–Crippen MR) is 202 cm³/mol. The Morgan fingerprint density at radius 3 is 1.22 bits per heavy atom. The van der Waals surface area contributed by atoms with Gasteiger partial charge in [-0.2, -0.15) is 20.5 Å². The number of hydrogen-bond acceptors (Lipinski definition) is 14. The van der Waals surface area contributed by atoms with Gasteiger partial charge in [0.05, 0.1) is 42.4 Å². The summed E-state index contributed by atoms with van der Waals surface area (Å²) in [7, 11) is -4.66. The second-order valence-electron chi connectivity index (χ2n) is 11.3. The van der Waals surface area contributed by atoms with Gasteiger partial charge in [0.1, 0.15) is 0 Å². The molecule has 0 heterocycles. The average molecular weight is 881 g/mol. The van der Waals surface area contributed by atoms with E-state index >= 15 is 0 Å². The van der Waals surface area contributed by atoms with E-state index in [2.05, 4.69) is 29.9 Å². The van der Waals surface area contributed by atoms with Crippen molar-refractivity contribution in [1.82, 2.24) is 9.44 Å². The summed E-state index contributed by atoms with van der Waals surface area (Å²) in [4.78, 5) is 20.1. The van der Waals surface area contributed by atoms with Crippen molar-refractivity contribution in [3.8, 4) is 11.5 Å². The normalized spacial score (nSPS) is 11.5. The molecule has 20 nitrogen and oxygen atoms in total. The van der Waals surface area contributed by atoms with Gasteiger partial charge in [0, 0.05) is 35.0 Å². The Morgan fingerprint density at radius 1 is 0.552 bits per heavy atom. The summed E-state index contributed by atoms with van der Waals surface area (Å²) in [6.07, 6.45) is 0. The Balaban J connectivity index is 0.000000300. The predicted octanol–water partition coefficient (Wildman–Crippen LogP) is 4.66. The van der Waals surface area contributed by atoms with Crippen molar-refractivity contribution < 1.29 is 83.2 Å². The molecule has 24 heteroatoms. The molecule has 0 aliphatic carbocycles. The minimum absolute atomic E-state index is 0. The number of fused-ring (bicyclic) bond motifs is 2. The number of nitro groups is 2. The Kier molecular flexibility index (Phi) is 15.5. The number of rotatable bonds is 10. The van der Waals surface area contributed by atoms with Gasteiger partial charge < -0.3 is 21.7 Å². The maximum absolute atomic E-state index is 11.9. The van der Waals surface area contributed by atoms with E-state index in [1.54, 1.807) is 12.1 Å². The molecule has 0 saturated heterocycles. The molecule has 0 atom stereocenters. The van der Waals surface area contributed by atoms with E-state index in [0.717, 1.165) is 24.3 Å². The van der Waals surface area contributed by atoms with Crippen LogP contribution in [0.25, 0.3) is 33.0 Å². The van der Waals surface area contributed by atoms with Gasteiger partial charge in [-0.15, -0.1) is 11.4 Å². The quantitative estimate of drug-likeness (QED) is 0.0829. The van der Waals surface area contributed by atoms with Crippen LogP contribution in [-0.2, 0) is 36.8 Å². The number of non-ortho nitro benzene ring substituents is 2. The molecular formula is C34H26CoN10NaO10S2. The fourth-order valence-corrected chi connectivity index (χ4v) is 6.50. The molecule has 294 valence electrons. The molecule has 0 unspecified atom stereocenters. The molecule has 0 amide bonds. The maximum Gasteiger partial charge on any atom is 3.00 e. The monoisotopic (exact) mass is 880 g/mol. The van der Waals surface area contributed by atoms with Gasteiger partial charge in [0.25, 0.3) is 11.4 Å². The Morgan fingerprint density at radius 2 is 0.914 bits per heavy atom. The molecule has 58 heavy (non-hydrogen) atoms. The van der Waals surface area contributed by atoms with Crippen molar-refractivity contribution in [3.05, 3.63) is 129 Å². The minimum atomic E-state index is -3.63. The molecule has 0 saturated carbocycles. The van der Waals surface area contributed by atoms with Crippen molar-refractivity contribution >= 4 is 87.1 Å². The zero-order chi connectivity index (χ0) is 40.9. The summed E-state index contributed by atoms with van der Waals surface area (Å²) >= 11 is 0. The van der Waals surface area contributed by atoms with Gasteiger partial charge >= 0.3 is 46.3 Å². The molecule has 0 fully saturated rings. The molecule has 4 N–H and O–H groups in total. The smallest absolute Gasteiger partial charge is 0.871 e. The van der Waals surface area contributed by atoms with Crippen molar-refractivity contribution in [1.29, 1.82) is 0 Å². The van der Waals surface area contributed by atoms with Crippen molar-refractivity contribution in [2.24, 2.45) is 20.5 Å². The first-order valence-electron chi connectivity index (χ1n) is 15.6. The van der Waals surface area contributed by atoms with Crippen LogP contribution in [0.2, 0.25) is 0 Å². The van der Waals surface area contributed by atoms with E-state index in [-0.39, 0.29) is 102 Å². The van der Waals surface area contributed by atoms with E-state index < -0.39 is 41.4 Å². The number of nitrogens with one attached hydrogen (secondary N) is 4. The maximum atomic E-state index is 11.9. The molecule has 0 aromatic heterocycles. The first kappa shape index (κ1) is 46.7. The van der Waals surface area contributed by atoms with Crippen molar-refractivity contribution in [3.63, 3.8) is 0 Å². The standard InChI is InChI=1S/2C17H14N5O5S.Co.Na/c2*1-19-28(26,27)12-4-5-13-10(8-12)2-6-14(18)17(13)21-20-15-7-3-11(22(24)25)9-16(15)23;;/h2*2-9,19H,1H3,(H2-,18,20,21,23);;/q2*-1;+3;+1/p-2. The molecule has 6 aromatic carbocycles.